The van der Waals surface area contributed by atoms with Gasteiger partial charge >= 0.3 is 0 Å². The molecule has 94 valence electrons. The van der Waals surface area contributed by atoms with Gasteiger partial charge < -0.3 is 10.6 Å². The SMILES string of the molecule is Cc1cccc(CN(C)c2ccncc2CN)c1. The molecule has 18 heavy (non-hydrogen) atoms. The van der Waals surface area contributed by atoms with Crippen molar-refractivity contribution in [2.45, 2.75) is 20.0 Å². The molecule has 0 saturated heterocycles. The van der Waals surface area contributed by atoms with Crippen molar-refractivity contribution in [1.82, 2.24) is 4.98 Å². The van der Waals surface area contributed by atoms with Crippen molar-refractivity contribution >= 4 is 5.69 Å². The molecule has 0 aliphatic heterocycles. The third kappa shape index (κ3) is 2.87. The number of hydrogen-bond donors (Lipinski definition) is 1. The summed E-state index contributed by atoms with van der Waals surface area (Å²) in [5.74, 6) is 0. The van der Waals surface area contributed by atoms with E-state index in [9.17, 15) is 0 Å². The largest absolute Gasteiger partial charge is 0.370 e. The smallest absolute Gasteiger partial charge is 0.0443 e. The van der Waals surface area contributed by atoms with Crippen molar-refractivity contribution in [3.8, 4) is 0 Å². The van der Waals surface area contributed by atoms with Gasteiger partial charge in [0.25, 0.3) is 0 Å². The Morgan fingerprint density at radius 2 is 2.11 bits per heavy atom. The number of aromatic nitrogens is 1. The van der Waals surface area contributed by atoms with Crippen LogP contribution in [0.3, 0.4) is 0 Å². The van der Waals surface area contributed by atoms with Crippen LogP contribution in [0.15, 0.2) is 42.7 Å². The quantitative estimate of drug-likeness (QED) is 0.894. The highest BCUT2D eigenvalue weighted by Gasteiger charge is 2.06. The molecule has 3 nitrogen and oxygen atoms in total. The summed E-state index contributed by atoms with van der Waals surface area (Å²) in [6.45, 7) is 3.50. The minimum absolute atomic E-state index is 0.515. The number of hydrogen-bond acceptors (Lipinski definition) is 3. The Morgan fingerprint density at radius 3 is 2.83 bits per heavy atom. The first-order valence-electron chi connectivity index (χ1n) is 6.10. The van der Waals surface area contributed by atoms with Gasteiger partial charge in [0.2, 0.25) is 0 Å². The molecule has 0 aliphatic rings. The molecule has 0 fully saturated rings. The van der Waals surface area contributed by atoms with Crippen molar-refractivity contribution < 1.29 is 0 Å². The van der Waals surface area contributed by atoms with Gasteiger partial charge in [-0.15, -0.1) is 0 Å². The number of benzene rings is 1. The predicted molar refractivity (Wildman–Crippen MR) is 75.4 cm³/mol. The molecule has 0 aliphatic carbocycles. The molecule has 0 atom stereocenters. The van der Waals surface area contributed by atoms with E-state index in [0.717, 1.165) is 17.8 Å². The van der Waals surface area contributed by atoms with Crippen molar-refractivity contribution in [1.29, 1.82) is 0 Å². The molecule has 2 rings (SSSR count). The molecule has 0 bridgehead atoms. The fraction of sp³-hybridized carbons (Fsp3) is 0.267. The highest BCUT2D eigenvalue weighted by Crippen LogP contribution is 2.19. The molecule has 1 heterocycles. The van der Waals surface area contributed by atoms with Crippen LogP contribution in [0.2, 0.25) is 0 Å². The Balaban J connectivity index is 2.19. The van der Waals surface area contributed by atoms with Gasteiger partial charge in [-0.1, -0.05) is 29.8 Å². The third-order valence-electron chi connectivity index (χ3n) is 3.01. The molecule has 0 saturated carbocycles. The minimum Gasteiger partial charge on any atom is -0.370 e. The molecule has 0 amide bonds. The summed E-state index contributed by atoms with van der Waals surface area (Å²) < 4.78 is 0. The van der Waals surface area contributed by atoms with Crippen molar-refractivity contribution in [2.75, 3.05) is 11.9 Å². The standard InChI is InChI=1S/C15H19N3/c1-12-4-3-5-13(8-12)11-18(2)15-6-7-17-10-14(15)9-16/h3-8,10H,9,11,16H2,1-2H3. The van der Waals surface area contributed by atoms with E-state index in [1.165, 1.54) is 11.1 Å². The van der Waals surface area contributed by atoms with Crippen LogP contribution in [0.4, 0.5) is 5.69 Å². The fourth-order valence-electron chi connectivity index (χ4n) is 2.12. The number of nitrogens with two attached hydrogens (primary N) is 1. The van der Waals surface area contributed by atoms with Crippen molar-refractivity contribution in [3.63, 3.8) is 0 Å². The van der Waals surface area contributed by atoms with Gasteiger partial charge in [-0.2, -0.15) is 0 Å². The Bertz CT molecular complexity index is 523. The van der Waals surface area contributed by atoms with E-state index in [2.05, 4.69) is 48.1 Å². The van der Waals surface area contributed by atoms with Crippen LogP contribution in [0.1, 0.15) is 16.7 Å². The maximum atomic E-state index is 5.74. The van der Waals surface area contributed by atoms with Crippen LogP contribution in [-0.4, -0.2) is 12.0 Å². The summed E-state index contributed by atoms with van der Waals surface area (Å²) in [6.07, 6.45) is 3.64. The van der Waals surface area contributed by atoms with Gasteiger partial charge in [-0.3, -0.25) is 4.98 Å². The second-order valence-electron chi connectivity index (χ2n) is 4.55. The van der Waals surface area contributed by atoms with Crippen LogP contribution in [0, 0.1) is 6.92 Å². The summed E-state index contributed by atoms with van der Waals surface area (Å²) in [5, 5.41) is 0. The Morgan fingerprint density at radius 1 is 1.28 bits per heavy atom. The van der Waals surface area contributed by atoms with Gasteiger partial charge in [0.15, 0.2) is 0 Å². The van der Waals surface area contributed by atoms with E-state index in [1.54, 1.807) is 6.20 Å². The first kappa shape index (κ1) is 12.6. The van der Waals surface area contributed by atoms with Gasteiger partial charge in [0.1, 0.15) is 0 Å². The predicted octanol–water partition coefficient (Wildman–Crippen LogP) is 2.49. The molecule has 2 aromatic rings. The summed E-state index contributed by atoms with van der Waals surface area (Å²) in [6, 6.07) is 10.6. The highest BCUT2D eigenvalue weighted by atomic mass is 15.1. The van der Waals surface area contributed by atoms with E-state index < -0.39 is 0 Å². The number of aryl methyl sites for hydroxylation is 1. The van der Waals surface area contributed by atoms with Gasteiger partial charge in [0.05, 0.1) is 0 Å². The molecular formula is C15H19N3. The fourth-order valence-corrected chi connectivity index (χ4v) is 2.12. The first-order valence-corrected chi connectivity index (χ1v) is 6.10. The lowest BCUT2D eigenvalue weighted by Gasteiger charge is -2.22. The van der Waals surface area contributed by atoms with Gasteiger partial charge in [0, 0.05) is 43.8 Å². The zero-order valence-electron chi connectivity index (χ0n) is 10.9. The van der Waals surface area contributed by atoms with Crippen LogP contribution in [-0.2, 0) is 13.1 Å². The van der Waals surface area contributed by atoms with E-state index >= 15 is 0 Å². The van der Waals surface area contributed by atoms with Crippen LogP contribution in [0.25, 0.3) is 0 Å². The van der Waals surface area contributed by atoms with E-state index in [-0.39, 0.29) is 0 Å². The van der Waals surface area contributed by atoms with Crippen molar-refractivity contribution in [2.24, 2.45) is 5.73 Å². The van der Waals surface area contributed by atoms with Crippen LogP contribution in [0.5, 0.6) is 0 Å². The molecule has 0 unspecified atom stereocenters. The normalized spacial score (nSPS) is 10.4. The lowest BCUT2D eigenvalue weighted by molar-refractivity contribution is 0.897. The molecule has 1 aromatic heterocycles. The van der Waals surface area contributed by atoms with E-state index in [0.29, 0.717) is 6.54 Å². The van der Waals surface area contributed by atoms with Crippen molar-refractivity contribution in [3.05, 3.63) is 59.4 Å². The maximum absolute atomic E-state index is 5.74. The average Bonchev–Trinajstić information content (AvgIpc) is 2.38. The third-order valence-corrected chi connectivity index (χ3v) is 3.01. The zero-order valence-corrected chi connectivity index (χ0v) is 10.9. The Hall–Kier alpha value is -1.87. The van der Waals surface area contributed by atoms with Crippen LogP contribution < -0.4 is 10.6 Å². The van der Waals surface area contributed by atoms with Crippen LogP contribution >= 0.6 is 0 Å². The molecule has 2 N–H and O–H groups in total. The second kappa shape index (κ2) is 5.65. The summed E-state index contributed by atoms with van der Waals surface area (Å²) >= 11 is 0. The second-order valence-corrected chi connectivity index (χ2v) is 4.55. The summed E-state index contributed by atoms with van der Waals surface area (Å²) in [7, 11) is 2.08. The van der Waals surface area contributed by atoms with Gasteiger partial charge in [-0.25, -0.2) is 0 Å². The Labute approximate surface area is 108 Å². The molecular weight excluding hydrogens is 222 g/mol. The monoisotopic (exact) mass is 241 g/mol. The number of rotatable bonds is 4. The highest BCUT2D eigenvalue weighted by molar-refractivity contribution is 5.52. The molecule has 3 heteroatoms. The summed E-state index contributed by atoms with van der Waals surface area (Å²) in [5.41, 5.74) is 10.6. The number of anilines is 1. The number of pyridine rings is 1. The topological polar surface area (TPSA) is 42.2 Å². The maximum Gasteiger partial charge on any atom is 0.0443 e. The molecule has 1 aromatic carbocycles. The van der Waals surface area contributed by atoms with E-state index in [1.807, 2.05) is 12.3 Å². The minimum atomic E-state index is 0.515. The zero-order chi connectivity index (χ0) is 13.0. The average molecular weight is 241 g/mol. The Kier molecular flexibility index (Phi) is 3.95. The molecule has 0 spiro atoms. The van der Waals surface area contributed by atoms with Gasteiger partial charge in [-0.05, 0) is 18.6 Å². The summed E-state index contributed by atoms with van der Waals surface area (Å²) in [4.78, 5) is 6.32. The molecule has 0 radical (unpaired) electrons. The number of nitrogens with zero attached hydrogens (tertiary/aromatic N) is 2. The lowest BCUT2D eigenvalue weighted by atomic mass is 10.1. The first-order chi connectivity index (χ1) is 8.70. The lowest BCUT2D eigenvalue weighted by Crippen LogP contribution is -2.19. The van der Waals surface area contributed by atoms with E-state index in [4.69, 9.17) is 5.73 Å².